The van der Waals surface area contributed by atoms with Crippen LogP contribution in [0.15, 0.2) is 24.4 Å². The molecule has 2 rings (SSSR count). The fraction of sp³-hybridized carbons (Fsp3) is 0.308. The number of nitrogens with one attached hydrogen (secondary N) is 2. The number of carbonyl (C=O) groups excluding carboxylic acids is 1. The van der Waals surface area contributed by atoms with Gasteiger partial charge < -0.3 is 20.1 Å². The second kappa shape index (κ2) is 5.81. The number of aliphatic hydroxyl groups excluding tert-OH is 1. The number of benzene rings is 1. The van der Waals surface area contributed by atoms with E-state index in [1.165, 1.54) is 19.4 Å². The van der Waals surface area contributed by atoms with Crippen molar-refractivity contribution in [2.24, 2.45) is 0 Å². The van der Waals surface area contributed by atoms with Gasteiger partial charge in [-0.3, -0.25) is 4.79 Å². The highest BCUT2D eigenvalue weighted by molar-refractivity contribution is 6.06. The maximum atomic E-state index is 13.7. The SMILES string of the molecule is COCC(O)CNC(=O)c1c[nH]c2cccc(F)c12. The number of H-pyrrole nitrogens is 1. The van der Waals surface area contributed by atoms with Crippen LogP contribution in [-0.2, 0) is 4.74 Å². The number of fused-ring (bicyclic) bond motifs is 1. The van der Waals surface area contributed by atoms with E-state index in [1.54, 1.807) is 12.1 Å². The summed E-state index contributed by atoms with van der Waals surface area (Å²) in [7, 11) is 1.46. The molecule has 3 N–H and O–H groups in total. The lowest BCUT2D eigenvalue weighted by molar-refractivity contribution is 0.0610. The van der Waals surface area contributed by atoms with Crippen molar-refractivity contribution in [3.63, 3.8) is 0 Å². The Bertz CT molecular complexity index is 582. The van der Waals surface area contributed by atoms with Gasteiger partial charge in [-0.25, -0.2) is 4.39 Å². The highest BCUT2D eigenvalue weighted by Crippen LogP contribution is 2.21. The van der Waals surface area contributed by atoms with Crippen molar-refractivity contribution in [3.8, 4) is 0 Å². The Morgan fingerprint density at radius 2 is 2.37 bits per heavy atom. The molecule has 2 aromatic rings. The summed E-state index contributed by atoms with van der Waals surface area (Å²) < 4.78 is 18.4. The molecular formula is C13H15FN2O3. The molecule has 5 nitrogen and oxygen atoms in total. The summed E-state index contributed by atoms with van der Waals surface area (Å²) in [5.41, 5.74) is 0.778. The van der Waals surface area contributed by atoms with Gasteiger partial charge in [0, 0.05) is 30.8 Å². The lowest BCUT2D eigenvalue weighted by Crippen LogP contribution is -2.34. The van der Waals surface area contributed by atoms with E-state index in [0.717, 1.165) is 0 Å². The first kappa shape index (κ1) is 13.5. The Hall–Kier alpha value is -1.92. The second-order valence-electron chi connectivity index (χ2n) is 4.18. The molecule has 19 heavy (non-hydrogen) atoms. The summed E-state index contributed by atoms with van der Waals surface area (Å²) in [6.45, 7) is 0.177. The van der Waals surface area contributed by atoms with Gasteiger partial charge in [-0.05, 0) is 12.1 Å². The van der Waals surface area contributed by atoms with Gasteiger partial charge in [-0.2, -0.15) is 0 Å². The summed E-state index contributed by atoms with van der Waals surface area (Å²) >= 11 is 0. The van der Waals surface area contributed by atoms with Crippen LogP contribution in [0.1, 0.15) is 10.4 Å². The van der Waals surface area contributed by atoms with Crippen LogP contribution in [0.3, 0.4) is 0 Å². The average Bonchev–Trinajstić information content (AvgIpc) is 2.82. The predicted octanol–water partition coefficient (Wildman–Crippen LogP) is 1.04. The van der Waals surface area contributed by atoms with Crippen LogP contribution in [0.4, 0.5) is 4.39 Å². The number of hydrogen-bond acceptors (Lipinski definition) is 3. The number of aromatic amines is 1. The van der Waals surface area contributed by atoms with Gasteiger partial charge in [0.1, 0.15) is 5.82 Å². The highest BCUT2D eigenvalue weighted by atomic mass is 19.1. The van der Waals surface area contributed by atoms with Crippen LogP contribution < -0.4 is 5.32 Å². The predicted molar refractivity (Wildman–Crippen MR) is 68.5 cm³/mol. The zero-order chi connectivity index (χ0) is 13.8. The van der Waals surface area contributed by atoms with E-state index in [0.29, 0.717) is 5.52 Å². The quantitative estimate of drug-likeness (QED) is 0.757. The zero-order valence-corrected chi connectivity index (χ0v) is 10.4. The molecule has 0 aliphatic rings. The van der Waals surface area contributed by atoms with E-state index in [-0.39, 0.29) is 24.1 Å². The number of aromatic nitrogens is 1. The molecule has 1 unspecified atom stereocenters. The van der Waals surface area contributed by atoms with Crippen molar-refractivity contribution in [2.45, 2.75) is 6.10 Å². The Morgan fingerprint density at radius 1 is 1.58 bits per heavy atom. The van der Waals surface area contributed by atoms with Crippen LogP contribution in [0, 0.1) is 5.82 Å². The van der Waals surface area contributed by atoms with E-state index >= 15 is 0 Å². The molecule has 1 aromatic carbocycles. The summed E-state index contributed by atoms with van der Waals surface area (Å²) in [5, 5.41) is 12.2. The first-order chi connectivity index (χ1) is 9.13. The number of halogens is 1. The number of amides is 1. The average molecular weight is 266 g/mol. The molecule has 0 saturated heterocycles. The number of hydrogen-bond donors (Lipinski definition) is 3. The van der Waals surface area contributed by atoms with Crippen molar-refractivity contribution in [1.82, 2.24) is 10.3 Å². The largest absolute Gasteiger partial charge is 0.389 e. The van der Waals surface area contributed by atoms with Gasteiger partial charge >= 0.3 is 0 Å². The van der Waals surface area contributed by atoms with E-state index in [1.807, 2.05) is 0 Å². The summed E-state index contributed by atoms with van der Waals surface area (Å²) in [5.74, 6) is -0.896. The molecular weight excluding hydrogens is 251 g/mol. The summed E-state index contributed by atoms with van der Waals surface area (Å²) in [6.07, 6.45) is 0.662. The smallest absolute Gasteiger partial charge is 0.253 e. The van der Waals surface area contributed by atoms with Crippen molar-refractivity contribution in [2.75, 3.05) is 20.3 Å². The molecule has 0 spiro atoms. The molecule has 0 aliphatic carbocycles. The highest BCUT2D eigenvalue weighted by Gasteiger charge is 2.15. The van der Waals surface area contributed by atoms with Crippen LogP contribution in [-0.4, -0.2) is 42.4 Å². The maximum Gasteiger partial charge on any atom is 0.253 e. The molecule has 1 atom stereocenters. The third kappa shape index (κ3) is 2.91. The molecule has 0 fully saturated rings. The topological polar surface area (TPSA) is 74.3 Å². The minimum atomic E-state index is -0.788. The Labute approximate surface area is 109 Å². The molecule has 6 heteroatoms. The standard InChI is InChI=1S/C13H15FN2O3/c1-19-7-8(17)5-16-13(18)9-6-15-11-4-2-3-10(14)12(9)11/h2-4,6,8,15,17H,5,7H2,1H3,(H,16,18). The van der Waals surface area contributed by atoms with Crippen LogP contribution in [0.5, 0.6) is 0 Å². The third-order valence-corrected chi connectivity index (χ3v) is 2.76. The normalized spacial score (nSPS) is 12.6. The molecule has 1 heterocycles. The van der Waals surface area contributed by atoms with Crippen molar-refractivity contribution < 1.29 is 19.0 Å². The number of methoxy groups -OCH3 is 1. The fourth-order valence-corrected chi connectivity index (χ4v) is 1.88. The summed E-state index contributed by atoms with van der Waals surface area (Å²) in [6, 6.07) is 4.56. The Kier molecular flexibility index (Phi) is 4.13. The van der Waals surface area contributed by atoms with Gasteiger partial charge in [0.05, 0.1) is 18.3 Å². The Morgan fingerprint density at radius 3 is 3.11 bits per heavy atom. The molecule has 102 valence electrons. The van der Waals surface area contributed by atoms with Crippen LogP contribution in [0.2, 0.25) is 0 Å². The van der Waals surface area contributed by atoms with E-state index in [9.17, 15) is 14.3 Å². The molecule has 0 radical (unpaired) electrons. The number of aliphatic hydroxyl groups is 1. The van der Waals surface area contributed by atoms with Gasteiger partial charge in [-0.15, -0.1) is 0 Å². The van der Waals surface area contributed by atoms with Crippen molar-refractivity contribution in [1.29, 1.82) is 0 Å². The van der Waals surface area contributed by atoms with Gasteiger partial charge in [0.2, 0.25) is 0 Å². The van der Waals surface area contributed by atoms with Crippen molar-refractivity contribution >= 4 is 16.8 Å². The monoisotopic (exact) mass is 266 g/mol. The first-order valence-electron chi connectivity index (χ1n) is 5.84. The van der Waals surface area contributed by atoms with E-state index in [4.69, 9.17) is 4.74 Å². The molecule has 0 saturated carbocycles. The van der Waals surface area contributed by atoms with Gasteiger partial charge in [0.15, 0.2) is 0 Å². The Balaban J connectivity index is 2.14. The van der Waals surface area contributed by atoms with Crippen LogP contribution >= 0.6 is 0 Å². The number of ether oxygens (including phenoxy) is 1. The lowest BCUT2D eigenvalue weighted by atomic mass is 10.1. The first-order valence-corrected chi connectivity index (χ1v) is 5.84. The van der Waals surface area contributed by atoms with Crippen LogP contribution in [0.25, 0.3) is 10.9 Å². The molecule has 0 aliphatic heterocycles. The minimum absolute atomic E-state index is 0.0494. The zero-order valence-electron chi connectivity index (χ0n) is 10.4. The summed E-state index contributed by atoms with van der Waals surface area (Å²) in [4.78, 5) is 14.8. The maximum absolute atomic E-state index is 13.7. The second-order valence-corrected chi connectivity index (χ2v) is 4.18. The minimum Gasteiger partial charge on any atom is -0.389 e. The molecule has 1 amide bonds. The lowest BCUT2D eigenvalue weighted by Gasteiger charge is -2.10. The van der Waals surface area contributed by atoms with E-state index in [2.05, 4.69) is 10.3 Å². The van der Waals surface area contributed by atoms with Gasteiger partial charge in [0.25, 0.3) is 5.91 Å². The number of carbonyl (C=O) groups is 1. The third-order valence-electron chi connectivity index (χ3n) is 2.76. The van der Waals surface area contributed by atoms with Crippen molar-refractivity contribution in [3.05, 3.63) is 35.8 Å². The van der Waals surface area contributed by atoms with E-state index < -0.39 is 17.8 Å². The molecule has 1 aromatic heterocycles. The fourth-order valence-electron chi connectivity index (χ4n) is 1.88. The number of rotatable bonds is 5. The molecule has 0 bridgehead atoms. The van der Waals surface area contributed by atoms with Gasteiger partial charge in [-0.1, -0.05) is 6.07 Å².